The molecule has 0 saturated carbocycles. The third-order valence-electron chi connectivity index (χ3n) is 2.95. The van der Waals surface area contributed by atoms with Crippen LogP contribution in [0.3, 0.4) is 0 Å². The largest absolute Gasteiger partial charge is 0.493 e. The summed E-state index contributed by atoms with van der Waals surface area (Å²) in [6.07, 6.45) is 0.691. The van der Waals surface area contributed by atoms with Gasteiger partial charge in [0.25, 0.3) is 0 Å². The highest BCUT2D eigenvalue weighted by molar-refractivity contribution is 5.78. The summed E-state index contributed by atoms with van der Waals surface area (Å²) in [5.74, 6) is 2.33. The van der Waals surface area contributed by atoms with Crippen molar-refractivity contribution in [3.05, 3.63) is 17.7 Å². The van der Waals surface area contributed by atoms with Gasteiger partial charge in [-0.1, -0.05) is 6.07 Å². The fourth-order valence-corrected chi connectivity index (χ4v) is 2.08. The topological polar surface area (TPSA) is 78.1 Å². The predicted octanol–water partition coefficient (Wildman–Crippen LogP) is 1.96. The average Bonchev–Trinajstić information content (AvgIpc) is 2.44. The van der Waals surface area contributed by atoms with E-state index in [-0.39, 0.29) is 5.54 Å². The molecule has 0 atom stereocenters. The monoisotopic (exact) mass is 309 g/mol. The molecule has 124 valence electrons. The second-order valence-electron chi connectivity index (χ2n) is 5.89. The van der Waals surface area contributed by atoms with Crippen LogP contribution in [-0.2, 0) is 6.42 Å². The van der Waals surface area contributed by atoms with Crippen molar-refractivity contribution in [2.24, 2.45) is 10.7 Å². The van der Waals surface area contributed by atoms with Gasteiger partial charge in [-0.2, -0.15) is 0 Å². The second-order valence-corrected chi connectivity index (χ2v) is 5.89. The molecule has 0 bridgehead atoms. The molecule has 0 aliphatic carbocycles. The first-order chi connectivity index (χ1) is 10.3. The summed E-state index contributed by atoms with van der Waals surface area (Å²) in [5, 5.41) is 3.13. The number of hydrogen-bond acceptors (Lipinski definition) is 4. The summed E-state index contributed by atoms with van der Waals surface area (Å²) in [6, 6.07) is 3.81. The zero-order valence-corrected chi connectivity index (χ0v) is 14.3. The number of nitrogens with two attached hydrogens (primary N) is 1. The number of benzene rings is 1. The van der Waals surface area contributed by atoms with Gasteiger partial charge in [-0.3, -0.25) is 4.99 Å². The number of methoxy groups -OCH3 is 3. The Morgan fingerprint density at radius 2 is 1.73 bits per heavy atom. The molecule has 6 heteroatoms. The summed E-state index contributed by atoms with van der Waals surface area (Å²) >= 11 is 0. The van der Waals surface area contributed by atoms with E-state index in [0.29, 0.717) is 36.2 Å². The van der Waals surface area contributed by atoms with Crippen molar-refractivity contribution in [3.8, 4) is 17.2 Å². The normalized spacial score (nSPS) is 12.0. The molecule has 0 radical (unpaired) electrons. The fraction of sp³-hybridized carbons (Fsp3) is 0.562. The fourth-order valence-electron chi connectivity index (χ4n) is 2.08. The van der Waals surface area contributed by atoms with E-state index in [1.54, 1.807) is 21.3 Å². The molecule has 0 aliphatic heterocycles. The molecule has 0 saturated heterocycles. The molecule has 0 amide bonds. The Morgan fingerprint density at radius 1 is 1.09 bits per heavy atom. The first-order valence-corrected chi connectivity index (χ1v) is 7.18. The van der Waals surface area contributed by atoms with Gasteiger partial charge in [0.2, 0.25) is 5.75 Å². The van der Waals surface area contributed by atoms with Crippen molar-refractivity contribution in [2.45, 2.75) is 32.7 Å². The molecule has 0 unspecified atom stereocenters. The Labute approximate surface area is 132 Å². The van der Waals surface area contributed by atoms with Gasteiger partial charge in [0.15, 0.2) is 17.5 Å². The Hall–Kier alpha value is -2.11. The van der Waals surface area contributed by atoms with Gasteiger partial charge < -0.3 is 25.3 Å². The van der Waals surface area contributed by atoms with E-state index in [2.05, 4.69) is 10.3 Å². The molecular formula is C16H27N3O3. The molecule has 0 fully saturated rings. The highest BCUT2D eigenvalue weighted by atomic mass is 16.5. The third kappa shape index (κ3) is 5.02. The van der Waals surface area contributed by atoms with Gasteiger partial charge in [-0.15, -0.1) is 0 Å². The SMILES string of the molecule is COc1ccc(CCN=C(N)NC(C)(C)C)c(OC)c1OC. The Balaban J connectivity index is 2.84. The number of hydrogen-bond donors (Lipinski definition) is 2. The number of guanidine groups is 1. The van der Waals surface area contributed by atoms with Crippen molar-refractivity contribution in [1.82, 2.24) is 5.32 Å². The van der Waals surface area contributed by atoms with Crippen LogP contribution in [0.2, 0.25) is 0 Å². The molecule has 1 rings (SSSR count). The Morgan fingerprint density at radius 3 is 2.23 bits per heavy atom. The Bertz CT molecular complexity index is 522. The summed E-state index contributed by atoms with van der Waals surface area (Å²) in [4.78, 5) is 4.33. The lowest BCUT2D eigenvalue weighted by Crippen LogP contribution is -2.45. The highest BCUT2D eigenvalue weighted by Gasteiger charge is 2.15. The zero-order chi connectivity index (χ0) is 16.8. The summed E-state index contributed by atoms with van der Waals surface area (Å²) in [7, 11) is 4.80. The molecule has 6 nitrogen and oxygen atoms in total. The van der Waals surface area contributed by atoms with E-state index in [1.165, 1.54) is 0 Å². The van der Waals surface area contributed by atoms with E-state index < -0.39 is 0 Å². The molecule has 1 aromatic rings. The van der Waals surface area contributed by atoms with Gasteiger partial charge in [0.05, 0.1) is 21.3 Å². The summed E-state index contributed by atoms with van der Waals surface area (Å²) in [6.45, 7) is 6.66. The average molecular weight is 309 g/mol. The second kappa shape index (κ2) is 7.77. The maximum atomic E-state index is 5.86. The molecular weight excluding hydrogens is 282 g/mol. The van der Waals surface area contributed by atoms with Crippen LogP contribution in [0.1, 0.15) is 26.3 Å². The van der Waals surface area contributed by atoms with E-state index in [4.69, 9.17) is 19.9 Å². The van der Waals surface area contributed by atoms with Crippen LogP contribution in [0.5, 0.6) is 17.2 Å². The minimum absolute atomic E-state index is 0.103. The van der Waals surface area contributed by atoms with E-state index in [9.17, 15) is 0 Å². The van der Waals surface area contributed by atoms with Crippen molar-refractivity contribution in [2.75, 3.05) is 27.9 Å². The third-order valence-corrected chi connectivity index (χ3v) is 2.95. The van der Waals surface area contributed by atoms with Crippen LogP contribution < -0.4 is 25.3 Å². The molecule has 1 aromatic carbocycles. The summed E-state index contributed by atoms with van der Waals surface area (Å²) in [5.41, 5.74) is 6.75. The standard InChI is InChI=1S/C16H27N3O3/c1-16(2,3)19-15(17)18-10-9-11-7-8-12(20-4)14(22-6)13(11)21-5/h7-8H,9-10H2,1-6H3,(H3,17,18,19). The van der Waals surface area contributed by atoms with Crippen LogP contribution in [0.15, 0.2) is 17.1 Å². The lowest BCUT2D eigenvalue weighted by Gasteiger charge is -2.21. The van der Waals surface area contributed by atoms with Gasteiger partial charge in [-0.05, 0) is 33.3 Å². The Kier molecular flexibility index (Phi) is 6.34. The van der Waals surface area contributed by atoms with Gasteiger partial charge >= 0.3 is 0 Å². The number of nitrogens with zero attached hydrogens (tertiary/aromatic N) is 1. The highest BCUT2D eigenvalue weighted by Crippen LogP contribution is 2.39. The smallest absolute Gasteiger partial charge is 0.203 e. The van der Waals surface area contributed by atoms with E-state index >= 15 is 0 Å². The maximum absolute atomic E-state index is 5.86. The van der Waals surface area contributed by atoms with Crippen molar-refractivity contribution in [3.63, 3.8) is 0 Å². The molecule has 0 aromatic heterocycles. The van der Waals surface area contributed by atoms with Gasteiger partial charge in [0, 0.05) is 17.6 Å². The van der Waals surface area contributed by atoms with Crippen molar-refractivity contribution < 1.29 is 14.2 Å². The lowest BCUT2D eigenvalue weighted by molar-refractivity contribution is 0.322. The molecule has 0 aliphatic rings. The lowest BCUT2D eigenvalue weighted by atomic mass is 10.1. The number of nitrogens with one attached hydrogen (secondary N) is 1. The minimum atomic E-state index is -0.103. The van der Waals surface area contributed by atoms with Gasteiger partial charge in [0.1, 0.15) is 0 Å². The van der Waals surface area contributed by atoms with E-state index in [1.807, 2.05) is 32.9 Å². The predicted molar refractivity (Wildman–Crippen MR) is 89.2 cm³/mol. The number of aliphatic imine (C=N–C) groups is 1. The van der Waals surface area contributed by atoms with Crippen LogP contribution in [-0.4, -0.2) is 39.4 Å². The number of rotatable bonds is 6. The quantitative estimate of drug-likeness (QED) is 0.620. The zero-order valence-electron chi connectivity index (χ0n) is 14.3. The molecule has 3 N–H and O–H groups in total. The van der Waals surface area contributed by atoms with Crippen molar-refractivity contribution in [1.29, 1.82) is 0 Å². The summed E-state index contributed by atoms with van der Waals surface area (Å²) < 4.78 is 16.1. The maximum Gasteiger partial charge on any atom is 0.203 e. The molecule has 0 spiro atoms. The van der Waals surface area contributed by atoms with Crippen molar-refractivity contribution >= 4 is 5.96 Å². The first-order valence-electron chi connectivity index (χ1n) is 7.18. The van der Waals surface area contributed by atoms with Crippen LogP contribution in [0.25, 0.3) is 0 Å². The van der Waals surface area contributed by atoms with Crippen LogP contribution in [0.4, 0.5) is 0 Å². The molecule has 0 heterocycles. The number of ether oxygens (including phenoxy) is 3. The molecule has 22 heavy (non-hydrogen) atoms. The van der Waals surface area contributed by atoms with Gasteiger partial charge in [-0.25, -0.2) is 0 Å². The van der Waals surface area contributed by atoms with Crippen LogP contribution >= 0.6 is 0 Å². The minimum Gasteiger partial charge on any atom is -0.493 e. The van der Waals surface area contributed by atoms with Crippen LogP contribution in [0, 0.1) is 0 Å². The van der Waals surface area contributed by atoms with E-state index in [0.717, 1.165) is 5.56 Å². The first kappa shape index (κ1) is 17.9.